The van der Waals surface area contributed by atoms with Crippen molar-refractivity contribution in [2.75, 3.05) is 17.7 Å². The van der Waals surface area contributed by atoms with Gasteiger partial charge in [0.15, 0.2) is 0 Å². The van der Waals surface area contributed by atoms with E-state index in [2.05, 4.69) is 27.9 Å². The Bertz CT molecular complexity index is 649. The maximum atomic E-state index is 11.8. The van der Waals surface area contributed by atoms with Crippen molar-refractivity contribution in [2.45, 2.75) is 6.42 Å². The number of nitrogen functional groups attached to an aromatic ring is 1. The van der Waals surface area contributed by atoms with E-state index in [0.717, 1.165) is 9.32 Å². The second kappa shape index (κ2) is 7.51. The summed E-state index contributed by atoms with van der Waals surface area (Å²) in [5.41, 5.74) is 6.70. The lowest BCUT2D eigenvalue weighted by Crippen LogP contribution is -2.15. The fraction of sp³-hybridized carbons (Fsp3) is 0.133. The lowest BCUT2D eigenvalue weighted by atomic mass is 10.2. The second-order valence-corrected chi connectivity index (χ2v) is 5.89. The van der Waals surface area contributed by atoms with Crippen LogP contribution in [-0.4, -0.2) is 12.5 Å². The van der Waals surface area contributed by atoms with E-state index in [1.807, 2.05) is 24.3 Å². The first-order valence-corrected chi connectivity index (χ1v) is 7.74. The van der Waals surface area contributed by atoms with Gasteiger partial charge >= 0.3 is 0 Å². The Kier molecular flexibility index (Phi) is 5.69. The van der Waals surface area contributed by atoms with Crippen molar-refractivity contribution in [1.29, 1.82) is 0 Å². The van der Waals surface area contributed by atoms with Crippen molar-refractivity contribution >= 4 is 51.5 Å². The molecule has 2 rings (SSSR count). The number of halogens is 2. The van der Waals surface area contributed by atoms with Gasteiger partial charge in [-0.1, -0.05) is 23.7 Å². The normalized spacial score (nSPS) is 10.2. The van der Waals surface area contributed by atoms with Crippen LogP contribution in [0.3, 0.4) is 0 Å². The Morgan fingerprint density at radius 2 is 2.05 bits per heavy atom. The van der Waals surface area contributed by atoms with E-state index in [9.17, 15) is 4.79 Å². The van der Waals surface area contributed by atoms with Gasteiger partial charge in [-0.2, -0.15) is 0 Å². The molecule has 0 radical (unpaired) electrons. The van der Waals surface area contributed by atoms with Crippen LogP contribution in [0.1, 0.15) is 6.42 Å². The summed E-state index contributed by atoms with van der Waals surface area (Å²) in [7, 11) is 0. The van der Waals surface area contributed by atoms with Gasteiger partial charge in [-0.3, -0.25) is 4.79 Å². The molecule has 2 aromatic carbocycles. The highest BCUT2D eigenvalue weighted by molar-refractivity contribution is 14.1. The lowest BCUT2D eigenvalue weighted by Gasteiger charge is -2.09. The zero-order valence-electron chi connectivity index (χ0n) is 11.1. The van der Waals surface area contributed by atoms with Crippen LogP contribution in [-0.2, 0) is 4.79 Å². The van der Waals surface area contributed by atoms with Crippen molar-refractivity contribution in [2.24, 2.45) is 0 Å². The van der Waals surface area contributed by atoms with Crippen LogP contribution in [0.4, 0.5) is 11.4 Å². The molecule has 4 nitrogen and oxygen atoms in total. The third-order valence-corrected chi connectivity index (χ3v) is 3.89. The Morgan fingerprint density at radius 3 is 2.76 bits per heavy atom. The highest BCUT2D eigenvalue weighted by atomic mass is 127. The number of hydrogen-bond donors (Lipinski definition) is 2. The van der Waals surface area contributed by atoms with E-state index in [-0.39, 0.29) is 12.3 Å². The summed E-state index contributed by atoms with van der Waals surface area (Å²) in [5.74, 6) is 0.615. The molecule has 0 unspecified atom stereocenters. The average Bonchev–Trinajstić information content (AvgIpc) is 2.44. The molecule has 0 aromatic heterocycles. The Labute approximate surface area is 141 Å². The maximum Gasteiger partial charge on any atom is 0.227 e. The van der Waals surface area contributed by atoms with Crippen LogP contribution in [0.2, 0.25) is 5.02 Å². The minimum absolute atomic E-state index is 0.160. The number of carbonyl (C=O) groups is 1. The standard InChI is InChI=1S/C15H14ClIN2O2/c16-11-9-10(18)5-6-13(11)19-15(20)7-8-21-14-4-2-1-3-12(14)17/h1-6,9H,7-8,18H2,(H,19,20). The summed E-state index contributed by atoms with van der Waals surface area (Å²) < 4.78 is 6.58. The van der Waals surface area contributed by atoms with Gasteiger partial charge in [0.25, 0.3) is 0 Å². The predicted molar refractivity (Wildman–Crippen MR) is 93.8 cm³/mol. The minimum Gasteiger partial charge on any atom is -0.492 e. The van der Waals surface area contributed by atoms with Gasteiger partial charge < -0.3 is 15.8 Å². The third kappa shape index (κ3) is 4.78. The van der Waals surface area contributed by atoms with Crippen LogP contribution in [0.25, 0.3) is 0 Å². The molecule has 0 spiro atoms. The third-order valence-electron chi connectivity index (χ3n) is 2.69. The van der Waals surface area contributed by atoms with Crippen LogP contribution in [0.15, 0.2) is 42.5 Å². The van der Waals surface area contributed by atoms with Crippen LogP contribution in [0, 0.1) is 3.57 Å². The van der Waals surface area contributed by atoms with Crippen LogP contribution in [0.5, 0.6) is 5.75 Å². The van der Waals surface area contributed by atoms with E-state index in [0.29, 0.717) is 23.0 Å². The molecule has 2 aromatic rings. The maximum absolute atomic E-state index is 11.8. The number of nitrogens with one attached hydrogen (secondary N) is 1. The van der Waals surface area contributed by atoms with Gasteiger partial charge in [-0.05, 0) is 52.9 Å². The van der Waals surface area contributed by atoms with Gasteiger partial charge in [-0.25, -0.2) is 0 Å². The molecule has 6 heteroatoms. The molecule has 1 amide bonds. The Balaban J connectivity index is 1.84. The highest BCUT2D eigenvalue weighted by Gasteiger charge is 2.07. The van der Waals surface area contributed by atoms with E-state index in [4.69, 9.17) is 22.1 Å². The molecule has 0 atom stereocenters. The average molecular weight is 417 g/mol. The molecule has 0 aliphatic rings. The largest absolute Gasteiger partial charge is 0.492 e. The summed E-state index contributed by atoms with van der Waals surface area (Å²) in [4.78, 5) is 11.8. The smallest absolute Gasteiger partial charge is 0.227 e. The molecule has 0 bridgehead atoms. The number of hydrogen-bond acceptors (Lipinski definition) is 3. The summed E-state index contributed by atoms with van der Waals surface area (Å²) in [6, 6.07) is 12.6. The number of amides is 1. The number of carbonyl (C=O) groups excluding carboxylic acids is 1. The number of rotatable bonds is 5. The SMILES string of the molecule is Nc1ccc(NC(=O)CCOc2ccccc2I)c(Cl)c1. The number of benzene rings is 2. The molecule has 0 fully saturated rings. The van der Waals surface area contributed by atoms with Crippen molar-refractivity contribution in [3.8, 4) is 5.75 Å². The van der Waals surface area contributed by atoms with Crippen molar-refractivity contribution in [1.82, 2.24) is 0 Å². The van der Waals surface area contributed by atoms with E-state index in [1.54, 1.807) is 18.2 Å². The first-order chi connectivity index (χ1) is 10.1. The van der Waals surface area contributed by atoms with Crippen molar-refractivity contribution in [3.63, 3.8) is 0 Å². The Hall–Kier alpha value is -1.47. The molecule has 0 aliphatic carbocycles. The molecule has 0 aliphatic heterocycles. The number of nitrogens with two attached hydrogens (primary N) is 1. The van der Waals surface area contributed by atoms with Gasteiger partial charge in [0.2, 0.25) is 5.91 Å². The number of ether oxygens (including phenoxy) is 1. The first-order valence-electron chi connectivity index (χ1n) is 6.28. The van der Waals surface area contributed by atoms with Crippen LogP contribution >= 0.6 is 34.2 Å². The zero-order chi connectivity index (χ0) is 15.2. The molecule has 0 heterocycles. The molecule has 0 saturated heterocycles. The van der Waals surface area contributed by atoms with Gasteiger partial charge in [0.1, 0.15) is 5.75 Å². The lowest BCUT2D eigenvalue weighted by molar-refractivity contribution is -0.116. The molecule has 21 heavy (non-hydrogen) atoms. The van der Waals surface area contributed by atoms with Gasteiger partial charge in [0, 0.05) is 5.69 Å². The summed E-state index contributed by atoms with van der Waals surface area (Å²) >= 11 is 8.19. The minimum atomic E-state index is -0.160. The summed E-state index contributed by atoms with van der Waals surface area (Å²) in [5, 5.41) is 3.15. The molecule has 110 valence electrons. The molecule has 0 saturated carbocycles. The van der Waals surface area contributed by atoms with E-state index >= 15 is 0 Å². The first kappa shape index (κ1) is 15.9. The predicted octanol–water partition coefficient (Wildman–Crippen LogP) is 3.93. The quantitative estimate of drug-likeness (QED) is 0.573. The number of anilines is 2. The van der Waals surface area contributed by atoms with Crippen LogP contribution < -0.4 is 15.8 Å². The molecule has 3 N–H and O–H groups in total. The topological polar surface area (TPSA) is 64.3 Å². The Morgan fingerprint density at radius 1 is 1.29 bits per heavy atom. The van der Waals surface area contributed by atoms with Gasteiger partial charge in [-0.15, -0.1) is 0 Å². The van der Waals surface area contributed by atoms with E-state index in [1.165, 1.54) is 0 Å². The fourth-order valence-electron chi connectivity index (χ4n) is 1.66. The number of para-hydroxylation sites is 1. The van der Waals surface area contributed by atoms with Gasteiger partial charge in [0.05, 0.1) is 27.3 Å². The van der Waals surface area contributed by atoms with Crippen molar-refractivity contribution in [3.05, 3.63) is 51.1 Å². The van der Waals surface area contributed by atoms with Crippen molar-refractivity contribution < 1.29 is 9.53 Å². The summed E-state index contributed by atoms with van der Waals surface area (Å²) in [6.45, 7) is 0.304. The fourth-order valence-corrected chi connectivity index (χ4v) is 2.44. The molecular formula is C15H14ClIN2O2. The highest BCUT2D eigenvalue weighted by Crippen LogP contribution is 2.24. The monoisotopic (exact) mass is 416 g/mol. The van der Waals surface area contributed by atoms with E-state index < -0.39 is 0 Å². The second-order valence-electron chi connectivity index (χ2n) is 4.32. The molecular weight excluding hydrogens is 403 g/mol. The zero-order valence-corrected chi connectivity index (χ0v) is 14.0. The summed E-state index contributed by atoms with van der Waals surface area (Å²) in [6.07, 6.45) is 0.242.